The molecule has 14 heteroatoms. The third kappa shape index (κ3) is 11.6. The third-order valence-corrected chi connectivity index (χ3v) is 8.63. The smallest absolute Gasteiger partial charge is 0.308 e. The van der Waals surface area contributed by atoms with Gasteiger partial charge >= 0.3 is 23.9 Å². The Morgan fingerprint density at radius 2 is 1.31 bits per heavy atom. The van der Waals surface area contributed by atoms with Gasteiger partial charge in [-0.3, -0.25) is 19.2 Å². The average Bonchev–Trinajstić information content (AvgIpc) is 3.53. The third-order valence-electron chi connectivity index (χ3n) is 8.63. The molecule has 0 radical (unpaired) electrons. The molecule has 0 N–H and O–H groups in total. The second kappa shape index (κ2) is 19.5. The van der Waals surface area contributed by atoms with Crippen molar-refractivity contribution in [2.24, 2.45) is 11.8 Å². The van der Waals surface area contributed by atoms with E-state index in [1.807, 2.05) is 18.2 Å². The first-order valence-corrected chi connectivity index (χ1v) is 17.5. The van der Waals surface area contributed by atoms with Crippen LogP contribution in [0.25, 0.3) is 0 Å². The van der Waals surface area contributed by atoms with Gasteiger partial charge in [-0.05, 0) is 66.8 Å². The predicted octanol–water partition coefficient (Wildman–Crippen LogP) is 6.27. The molecule has 5 atom stereocenters. The summed E-state index contributed by atoms with van der Waals surface area (Å²) < 4.78 is 57.0. The molecular formula is C41H48O14. The Labute approximate surface area is 320 Å². The van der Waals surface area contributed by atoms with E-state index in [0.717, 1.165) is 11.1 Å². The maximum Gasteiger partial charge on any atom is 0.308 e. The molecule has 0 aliphatic carbocycles. The van der Waals surface area contributed by atoms with Crippen LogP contribution in [0.4, 0.5) is 0 Å². The normalized spacial score (nSPS) is 17.2. The van der Waals surface area contributed by atoms with Crippen molar-refractivity contribution in [3.63, 3.8) is 0 Å². The highest BCUT2D eigenvalue weighted by Gasteiger charge is 2.39. The van der Waals surface area contributed by atoms with Crippen molar-refractivity contribution in [1.82, 2.24) is 0 Å². The number of hydrogen-bond acceptors (Lipinski definition) is 14. The summed E-state index contributed by atoms with van der Waals surface area (Å²) in [5, 5.41) is 0. The molecular weight excluding hydrogens is 716 g/mol. The summed E-state index contributed by atoms with van der Waals surface area (Å²) in [7, 11) is 4.41. The summed E-state index contributed by atoms with van der Waals surface area (Å²) in [5.74, 6) is 0.0683. The first-order chi connectivity index (χ1) is 26.2. The van der Waals surface area contributed by atoms with Crippen molar-refractivity contribution < 1.29 is 66.5 Å². The number of esters is 4. The van der Waals surface area contributed by atoms with E-state index < -0.39 is 36.1 Å². The SMILES string of the molecule is C=C(C)OCC1C(Cc2ccc(OC(COC(C)=O)C(OC(C)=O)c3ccc(OC(C)=O)c(OC)c3)c(OC)c2)COC1c1ccc(OC(C)=O)c(OC)c1. The van der Waals surface area contributed by atoms with Crippen molar-refractivity contribution in [1.29, 1.82) is 0 Å². The molecule has 1 saturated heterocycles. The molecule has 4 rings (SSSR count). The molecule has 0 saturated carbocycles. The zero-order chi connectivity index (χ0) is 40.2. The molecule has 14 nitrogen and oxygen atoms in total. The van der Waals surface area contributed by atoms with Gasteiger partial charge in [-0.15, -0.1) is 0 Å². The molecule has 3 aromatic rings. The Balaban J connectivity index is 1.63. The van der Waals surface area contributed by atoms with Crippen molar-refractivity contribution in [3.8, 4) is 34.5 Å². The highest BCUT2D eigenvalue weighted by atomic mass is 16.6. The lowest BCUT2D eigenvalue weighted by Crippen LogP contribution is -2.34. The van der Waals surface area contributed by atoms with Gasteiger partial charge in [0.2, 0.25) is 0 Å². The van der Waals surface area contributed by atoms with Gasteiger partial charge in [0.1, 0.15) is 6.61 Å². The van der Waals surface area contributed by atoms with Crippen molar-refractivity contribution >= 4 is 23.9 Å². The van der Waals surface area contributed by atoms with E-state index in [9.17, 15) is 19.2 Å². The van der Waals surface area contributed by atoms with Crippen LogP contribution in [0, 0.1) is 11.8 Å². The van der Waals surface area contributed by atoms with Crippen molar-refractivity contribution in [2.75, 3.05) is 41.2 Å². The fourth-order valence-electron chi connectivity index (χ4n) is 6.26. The molecule has 0 spiro atoms. The lowest BCUT2D eigenvalue weighted by atomic mass is 9.84. The van der Waals surface area contributed by atoms with Crippen LogP contribution in [-0.4, -0.2) is 71.1 Å². The van der Waals surface area contributed by atoms with Gasteiger partial charge in [-0.1, -0.05) is 24.8 Å². The molecule has 1 aliphatic rings. The summed E-state index contributed by atoms with van der Waals surface area (Å²) in [6, 6.07) is 15.4. The molecule has 0 aromatic heterocycles. The van der Waals surface area contributed by atoms with Gasteiger partial charge < -0.3 is 47.4 Å². The topological polar surface area (TPSA) is 161 Å². The minimum absolute atomic E-state index is 0.00922. The van der Waals surface area contributed by atoms with E-state index in [2.05, 4.69) is 6.58 Å². The monoisotopic (exact) mass is 764 g/mol. The van der Waals surface area contributed by atoms with Gasteiger partial charge in [-0.2, -0.15) is 0 Å². The second-order valence-corrected chi connectivity index (χ2v) is 12.9. The summed E-state index contributed by atoms with van der Waals surface area (Å²) in [5.41, 5.74) is 2.18. The maximum absolute atomic E-state index is 12.4. The van der Waals surface area contributed by atoms with Crippen LogP contribution in [0.1, 0.15) is 63.5 Å². The zero-order valence-corrected chi connectivity index (χ0v) is 32.3. The van der Waals surface area contributed by atoms with Gasteiger partial charge in [0.15, 0.2) is 46.7 Å². The molecule has 1 fully saturated rings. The van der Waals surface area contributed by atoms with Gasteiger partial charge in [-0.25, -0.2) is 0 Å². The second-order valence-electron chi connectivity index (χ2n) is 12.9. The van der Waals surface area contributed by atoms with Gasteiger partial charge in [0, 0.05) is 39.2 Å². The minimum Gasteiger partial charge on any atom is -0.498 e. The molecule has 3 aromatic carbocycles. The standard InChI is InChI=1S/C41H48O14/c1-23(2)49-21-32-31(20-51-40(32)29-11-14-33(52-25(4)43)37(18-29)47-8)16-28-10-13-35(36(17-28)46-7)55-39(22-50-24(3)42)41(54-27(6)45)30-12-15-34(53-26(5)44)38(19-30)48-9/h10-15,17-19,31-32,39-41H,1,16,20-22H2,2-9H3. The molecule has 5 unspecified atom stereocenters. The number of allylic oxidation sites excluding steroid dienone is 1. The summed E-state index contributed by atoms with van der Waals surface area (Å²) >= 11 is 0. The summed E-state index contributed by atoms with van der Waals surface area (Å²) in [6.07, 6.45) is -1.91. The lowest BCUT2D eigenvalue weighted by Gasteiger charge is -2.28. The van der Waals surface area contributed by atoms with Gasteiger partial charge in [0.25, 0.3) is 0 Å². The Morgan fingerprint density at radius 3 is 1.89 bits per heavy atom. The van der Waals surface area contributed by atoms with Crippen LogP contribution in [0.2, 0.25) is 0 Å². The van der Waals surface area contributed by atoms with E-state index in [1.165, 1.54) is 55.1 Å². The van der Waals surface area contributed by atoms with Crippen molar-refractivity contribution in [2.45, 2.75) is 59.4 Å². The van der Waals surface area contributed by atoms with Crippen LogP contribution in [0.5, 0.6) is 34.5 Å². The van der Waals surface area contributed by atoms with Crippen LogP contribution >= 0.6 is 0 Å². The van der Waals surface area contributed by atoms with Crippen LogP contribution < -0.4 is 28.4 Å². The highest BCUT2D eigenvalue weighted by Crippen LogP contribution is 2.44. The largest absolute Gasteiger partial charge is 0.498 e. The Kier molecular flexibility index (Phi) is 14.9. The number of rotatable bonds is 18. The maximum atomic E-state index is 12.4. The Bertz CT molecular complexity index is 1850. The van der Waals surface area contributed by atoms with Gasteiger partial charge in [0.05, 0.1) is 46.4 Å². The average molecular weight is 765 g/mol. The Hall–Kier alpha value is -5.76. The molecule has 1 heterocycles. The molecule has 0 bridgehead atoms. The first kappa shape index (κ1) is 42.0. The Morgan fingerprint density at radius 1 is 0.709 bits per heavy atom. The van der Waals surface area contributed by atoms with Crippen LogP contribution in [0.15, 0.2) is 66.9 Å². The number of carbonyl (C=O) groups is 4. The quantitative estimate of drug-likeness (QED) is 0.0809. The molecule has 55 heavy (non-hydrogen) atoms. The summed E-state index contributed by atoms with van der Waals surface area (Å²) in [4.78, 5) is 47.5. The number of benzene rings is 3. The van der Waals surface area contributed by atoms with E-state index in [0.29, 0.717) is 54.0 Å². The molecule has 0 amide bonds. The summed E-state index contributed by atoms with van der Waals surface area (Å²) in [6.45, 7) is 11.3. The van der Waals surface area contributed by atoms with Crippen molar-refractivity contribution in [3.05, 3.63) is 83.6 Å². The highest BCUT2D eigenvalue weighted by molar-refractivity contribution is 5.71. The van der Waals surface area contributed by atoms with E-state index in [4.69, 9.17) is 47.4 Å². The van der Waals surface area contributed by atoms with Crippen LogP contribution in [-0.2, 0) is 44.5 Å². The fraction of sp³-hybridized carbons (Fsp3) is 0.415. The number of ether oxygens (including phenoxy) is 10. The zero-order valence-electron chi connectivity index (χ0n) is 32.3. The molecule has 1 aliphatic heterocycles. The fourth-order valence-corrected chi connectivity index (χ4v) is 6.26. The van der Waals surface area contributed by atoms with E-state index >= 15 is 0 Å². The molecule has 296 valence electrons. The number of hydrogen-bond donors (Lipinski definition) is 0. The predicted molar refractivity (Wildman–Crippen MR) is 197 cm³/mol. The van der Waals surface area contributed by atoms with E-state index in [1.54, 1.807) is 37.3 Å². The number of carbonyl (C=O) groups excluding carboxylic acids is 4. The van der Waals surface area contributed by atoms with Crippen LogP contribution in [0.3, 0.4) is 0 Å². The number of methoxy groups -OCH3 is 3. The van der Waals surface area contributed by atoms with E-state index in [-0.39, 0.29) is 36.0 Å². The lowest BCUT2D eigenvalue weighted by molar-refractivity contribution is -0.157. The minimum atomic E-state index is -1.09. The first-order valence-electron chi connectivity index (χ1n) is 17.5.